The van der Waals surface area contributed by atoms with Crippen molar-refractivity contribution in [1.29, 1.82) is 0 Å². The van der Waals surface area contributed by atoms with Gasteiger partial charge in [0.1, 0.15) is 6.54 Å². The van der Waals surface area contributed by atoms with Crippen LogP contribution in [0.2, 0.25) is 0 Å². The molecule has 6 nitrogen and oxygen atoms in total. The van der Waals surface area contributed by atoms with E-state index in [0.29, 0.717) is 26.2 Å². The number of rotatable bonds is 6. The van der Waals surface area contributed by atoms with Crippen LogP contribution < -0.4 is 4.90 Å². The molecule has 0 bridgehead atoms. The molecule has 1 fully saturated rings. The van der Waals surface area contributed by atoms with E-state index in [2.05, 4.69) is 0 Å². The van der Waals surface area contributed by atoms with Crippen molar-refractivity contribution in [3.8, 4) is 0 Å². The van der Waals surface area contributed by atoms with Gasteiger partial charge >= 0.3 is 0 Å². The summed E-state index contributed by atoms with van der Waals surface area (Å²) in [5, 5.41) is 0. The summed E-state index contributed by atoms with van der Waals surface area (Å²) in [5.74, 6) is -0.0529. The lowest BCUT2D eigenvalue weighted by Gasteiger charge is -2.40. The van der Waals surface area contributed by atoms with Gasteiger partial charge < -0.3 is 14.5 Å². The first-order chi connectivity index (χ1) is 11.4. The summed E-state index contributed by atoms with van der Waals surface area (Å²) >= 11 is 0. The summed E-state index contributed by atoms with van der Waals surface area (Å²) in [7, 11) is 3.52. The molecule has 1 aromatic rings. The highest BCUT2D eigenvalue weighted by Gasteiger charge is 2.33. The summed E-state index contributed by atoms with van der Waals surface area (Å²) in [5.41, 5.74) is 2.05. The summed E-state index contributed by atoms with van der Waals surface area (Å²) in [6, 6.07) is 7.89. The molecule has 1 aliphatic rings. The van der Waals surface area contributed by atoms with Crippen LogP contribution >= 0.6 is 0 Å². The average molecular weight is 333 g/mol. The van der Waals surface area contributed by atoms with Crippen molar-refractivity contribution in [2.75, 3.05) is 51.8 Å². The molecule has 1 atom stereocenters. The van der Waals surface area contributed by atoms with Crippen molar-refractivity contribution >= 4 is 17.5 Å². The first kappa shape index (κ1) is 18.4. The molecule has 6 heteroatoms. The Hall–Kier alpha value is -1.92. The fraction of sp³-hybridized carbons (Fsp3) is 0.556. The number of carbonyl (C=O) groups excluding carboxylic acids is 2. The van der Waals surface area contributed by atoms with Crippen molar-refractivity contribution in [2.45, 2.75) is 19.9 Å². The van der Waals surface area contributed by atoms with E-state index >= 15 is 0 Å². The molecular weight excluding hydrogens is 306 g/mol. The number of amides is 2. The number of anilines is 1. The number of likely N-dealkylation sites (N-methyl/N-ethyl adjacent to an activating group) is 1. The van der Waals surface area contributed by atoms with Gasteiger partial charge in [-0.2, -0.15) is 0 Å². The fourth-order valence-electron chi connectivity index (χ4n) is 2.81. The number of carbonyl (C=O) groups is 2. The van der Waals surface area contributed by atoms with Crippen molar-refractivity contribution in [1.82, 2.24) is 9.80 Å². The Bertz CT molecular complexity index is 573. The van der Waals surface area contributed by atoms with Crippen LogP contribution in [0, 0.1) is 6.92 Å². The molecule has 0 aliphatic carbocycles. The number of ether oxygens (including phenoxy) is 1. The lowest BCUT2D eigenvalue weighted by atomic mass is 10.1. The topological polar surface area (TPSA) is 53.1 Å². The van der Waals surface area contributed by atoms with Gasteiger partial charge in [0.15, 0.2) is 0 Å². The van der Waals surface area contributed by atoms with Crippen LogP contribution in [0.15, 0.2) is 24.3 Å². The summed E-state index contributed by atoms with van der Waals surface area (Å²) < 4.78 is 5.02. The van der Waals surface area contributed by atoms with Crippen LogP contribution in [0.4, 0.5) is 5.69 Å². The molecule has 1 aromatic carbocycles. The minimum Gasteiger partial charge on any atom is -0.383 e. The highest BCUT2D eigenvalue weighted by atomic mass is 16.5. The number of aryl methyl sites for hydroxylation is 1. The number of hydrogen-bond acceptors (Lipinski definition) is 4. The third kappa shape index (κ3) is 4.55. The van der Waals surface area contributed by atoms with Gasteiger partial charge in [0, 0.05) is 31.9 Å². The molecule has 132 valence electrons. The van der Waals surface area contributed by atoms with Crippen LogP contribution in [-0.4, -0.2) is 74.6 Å². The maximum Gasteiger partial charge on any atom is 0.246 e. The minimum atomic E-state index is -0.0372. The van der Waals surface area contributed by atoms with Crippen molar-refractivity contribution in [3.63, 3.8) is 0 Å². The van der Waals surface area contributed by atoms with Gasteiger partial charge in [-0.15, -0.1) is 0 Å². The first-order valence-corrected chi connectivity index (χ1v) is 8.26. The van der Waals surface area contributed by atoms with Gasteiger partial charge in [0.25, 0.3) is 0 Å². The molecule has 0 N–H and O–H groups in total. The zero-order valence-corrected chi connectivity index (χ0v) is 15.0. The van der Waals surface area contributed by atoms with Crippen LogP contribution in [0.25, 0.3) is 0 Å². The lowest BCUT2D eigenvalue weighted by Crippen LogP contribution is -2.58. The number of nitrogens with zero attached hydrogens (tertiary/aromatic N) is 3. The van der Waals surface area contributed by atoms with Gasteiger partial charge in [-0.05, 0) is 33.0 Å². The van der Waals surface area contributed by atoms with Gasteiger partial charge in [-0.25, -0.2) is 0 Å². The molecule has 0 saturated carbocycles. The third-order valence-corrected chi connectivity index (χ3v) is 4.33. The zero-order valence-electron chi connectivity index (χ0n) is 15.0. The normalized spacial score (nSPS) is 18.4. The fourth-order valence-corrected chi connectivity index (χ4v) is 2.81. The van der Waals surface area contributed by atoms with Crippen LogP contribution in [-0.2, 0) is 14.3 Å². The second-order valence-electron chi connectivity index (χ2n) is 6.44. The van der Waals surface area contributed by atoms with E-state index in [4.69, 9.17) is 4.74 Å². The number of methoxy groups -OCH3 is 1. The van der Waals surface area contributed by atoms with Gasteiger partial charge in [0.05, 0.1) is 13.2 Å². The van der Waals surface area contributed by atoms with Gasteiger partial charge in [0.2, 0.25) is 11.8 Å². The van der Waals surface area contributed by atoms with Gasteiger partial charge in [-0.3, -0.25) is 14.5 Å². The van der Waals surface area contributed by atoms with E-state index in [0.717, 1.165) is 11.3 Å². The maximum atomic E-state index is 12.5. The van der Waals surface area contributed by atoms with Crippen LogP contribution in [0.5, 0.6) is 0 Å². The first-order valence-electron chi connectivity index (χ1n) is 8.26. The Morgan fingerprint density at radius 3 is 2.62 bits per heavy atom. The molecule has 0 spiro atoms. The summed E-state index contributed by atoms with van der Waals surface area (Å²) in [4.78, 5) is 30.3. The van der Waals surface area contributed by atoms with Crippen LogP contribution in [0.3, 0.4) is 0 Å². The predicted molar refractivity (Wildman–Crippen MR) is 94.1 cm³/mol. The Morgan fingerprint density at radius 2 is 2.00 bits per heavy atom. The summed E-state index contributed by atoms with van der Waals surface area (Å²) in [6.45, 7) is 6.23. The van der Waals surface area contributed by atoms with E-state index < -0.39 is 0 Å². The lowest BCUT2D eigenvalue weighted by molar-refractivity contribution is -0.140. The second-order valence-corrected chi connectivity index (χ2v) is 6.44. The van der Waals surface area contributed by atoms with Crippen molar-refractivity contribution in [3.05, 3.63) is 29.8 Å². The van der Waals surface area contributed by atoms with Gasteiger partial charge in [-0.1, -0.05) is 17.7 Å². The van der Waals surface area contributed by atoms with Crippen LogP contribution in [0.1, 0.15) is 12.5 Å². The van der Waals surface area contributed by atoms with E-state index in [1.807, 2.05) is 50.1 Å². The van der Waals surface area contributed by atoms with E-state index in [9.17, 15) is 9.59 Å². The Kier molecular flexibility index (Phi) is 6.34. The average Bonchev–Trinajstić information content (AvgIpc) is 2.55. The van der Waals surface area contributed by atoms with Crippen molar-refractivity contribution in [2.24, 2.45) is 0 Å². The van der Waals surface area contributed by atoms with E-state index in [1.165, 1.54) is 0 Å². The second kappa shape index (κ2) is 8.26. The SMILES string of the molecule is COCCN(C)CC(=O)N1CC(=O)N(c2ccc(C)cc2)C[C@@H]1C. The Balaban J connectivity index is 1.98. The summed E-state index contributed by atoms with van der Waals surface area (Å²) in [6.07, 6.45) is 0. The quantitative estimate of drug-likeness (QED) is 0.783. The molecule has 24 heavy (non-hydrogen) atoms. The smallest absolute Gasteiger partial charge is 0.246 e. The molecule has 0 aromatic heterocycles. The predicted octanol–water partition coefficient (Wildman–Crippen LogP) is 1.14. The molecular formula is C18H27N3O3. The minimum absolute atomic E-state index is 0.00710. The van der Waals surface area contributed by atoms with Crippen molar-refractivity contribution < 1.29 is 14.3 Å². The number of piperazine rings is 1. The molecule has 2 rings (SSSR count). The Morgan fingerprint density at radius 1 is 1.33 bits per heavy atom. The molecule has 1 heterocycles. The molecule has 1 aliphatic heterocycles. The third-order valence-electron chi connectivity index (χ3n) is 4.33. The Labute approximate surface area is 144 Å². The molecule has 1 saturated heterocycles. The molecule has 0 radical (unpaired) electrons. The highest BCUT2D eigenvalue weighted by Crippen LogP contribution is 2.20. The largest absolute Gasteiger partial charge is 0.383 e. The van der Waals surface area contributed by atoms with E-state index in [1.54, 1.807) is 16.9 Å². The monoisotopic (exact) mass is 333 g/mol. The standard InChI is InChI=1S/C18H27N3O3/c1-14-5-7-16(8-6-14)21-11-15(2)20(13-18(21)23)17(22)12-19(3)9-10-24-4/h5-8,15H,9-13H2,1-4H3/t15-/m0/s1. The maximum absolute atomic E-state index is 12.5. The number of benzene rings is 1. The molecule has 0 unspecified atom stereocenters. The van der Waals surface area contributed by atoms with E-state index in [-0.39, 0.29) is 24.4 Å². The highest BCUT2D eigenvalue weighted by molar-refractivity contribution is 5.98. The molecule has 2 amide bonds. The number of hydrogen-bond donors (Lipinski definition) is 0. The zero-order chi connectivity index (χ0) is 17.7.